The van der Waals surface area contributed by atoms with Gasteiger partial charge in [-0.2, -0.15) is 5.10 Å². The van der Waals surface area contributed by atoms with Crippen molar-refractivity contribution in [2.45, 2.75) is 39.0 Å². The zero-order valence-corrected chi connectivity index (χ0v) is 12.5. The van der Waals surface area contributed by atoms with E-state index in [1.807, 2.05) is 20.8 Å². The van der Waals surface area contributed by atoms with Crippen LogP contribution in [0.3, 0.4) is 0 Å². The number of carbonyl (C=O) groups excluding carboxylic acids is 2. The molecule has 8 nitrogen and oxygen atoms in total. The van der Waals surface area contributed by atoms with E-state index in [1.54, 1.807) is 17.3 Å². The average Bonchev–Trinajstić information content (AvgIpc) is 2.66. The average molecular weight is 295 g/mol. The predicted molar refractivity (Wildman–Crippen MR) is 76.6 cm³/mol. The summed E-state index contributed by atoms with van der Waals surface area (Å²) < 4.78 is 6.75. The SMILES string of the molecule is CC(C)(C)OC(=O)N1CC(Nc2cnn(CC(N)=O)c2)C1. The molecule has 0 saturated carbocycles. The molecule has 0 unspecified atom stereocenters. The van der Waals surface area contributed by atoms with Crippen molar-refractivity contribution >= 4 is 17.7 Å². The Hall–Kier alpha value is -2.25. The van der Waals surface area contributed by atoms with E-state index in [0.717, 1.165) is 5.69 Å². The van der Waals surface area contributed by atoms with Crippen LogP contribution in [-0.2, 0) is 16.1 Å². The van der Waals surface area contributed by atoms with Crippen LogP contribution in [0.5, 0.6) is 0 Å². The Labute approximate surface area is 123 Å². The fourth-order valence-corrected chi connectivity index (χ4v) is 1.97. The number of anilines is 1. The van der Waals surface area contributed by atoms with E-state index in [1.165, 1.54) is 4.68 Å². The summed E-state index contributed by atoms with van der Waals surface area (Å²) in [6, 6.07) is 0.156. The summed E-state index contributed by atoms with van der Waals surface area (Å²) in [5.41, 5.74) is 5.41. The molecule has 1 aliphatic heterocycles. The smallest absolute Gasteiger partial charge is 0.410 e. The molecule has 0 bridgehead atoms. The second-order valence-electron chi connectivity index (χ2n) is 6.12. The van der Waals surface area contributed by atoms with E-state index in [0.29, 0.717) is 13.1 Å². The molecule has 8 heteroatoms. The largest absolute Gasteiger partial charge is 0.444 e. The van der Waals surface area contributed by atoms with Crippen LogP contribution in [0.15, 0.2) is 12.4 Å². The highest BCUT2D eigenvalue weighted by atomic mass is 16.6. The Kier molecular flexibility index (Phi) is 4.06. The van der Waals surface area contributed by atoms with Gasteiger partial charge in [0.2, 0.25) is 5.91 Å². The first kappa shape index (κ1) is 15.1. The van der Waals surface area contributed by atoms with Gasteiger partial charge in [0.05, 0.1) is 17.9 Å². The summed E-state index contributed by atoms with van der Waals surface area (Å²) in [6.07, 6.45) is 3.03. The first-order valence-corrected chi connectivity index (χ1v) is 6.78. The van der Waals surface area contributed by atoms with Crippen LogP contribution in [0.4, 0.5) is 10.5 Å². The van der Waals surface area contributed by atoms with Crippen molar-refractivity contribution in [3.63, 3.8) is 0 Å². The summed E-state index contributed by atoms with van der Waals surface area (Å²) in [6.45, 7) is 6.73. The Morgan fingerprint density at radius 1 is 1.48 bits per heavy atom. The lowest BCUT2D eigenvalue weighted by Crippen LogP contribution is -2.57. The van der Waals surface area contributed by atoms with E-state index in [2.05, 4.69) is 10.4 Å². The van der Waals surface area contributed by atoms with Crippen LogP contribution in [0, 0.1) is 0 Å². The van der Waals surface area contributed by atoms with Crippen LogP contribution in [-0.4, -0.2) is 51.4 Å². The molecule has 1 aromatic rings. The number of nitrogens with one attached hydrogen (secondary N) is 1. The number of carbonyl (C=O) groups is 2. The topological polar surface area (TPSA) is 102 Å². The van der Waals surface area contributed by atoms with Gasteiger partial charge in [-0.1, -0.05) is 0 Å². The van der Waals surface area contributed by atoms with Crippen LogP contribution in [0.1, 0.15) is 20.8 Å². The number of rotatable bonds is 4. The summed E-state index contributed by atoms with van der Waals surface area (Å²) in [5, 5.41) is 7.25. The molecule has 1 aliphatic rings. The maximum atomic E-state index is 11.8. The fourth-order valence-electron chi connectivity index (χ4n) is 1.97. The molecule has 2 heterocycles. The summed E-state index contributed by atoms with van der Waals surface area (Å²) in [7, 11) is 0. The van der Waals surface area contributed by atoms with E-state index in [-0.39, 0.29) is 18.7 Å². The lowest BCUT2D eigenvalue weighted by atomic mass is 10.1. The number of aromatic nitrogens is 2. The second-order valence-corrected chi connectivity index (χ2v) is 6.12. The molecule has 0 aliphatic carbocycles. The van der Waals surface area contributed by atoms with Gasteiger partial charge in [-0.25, -0.2) is 4.79 Å². The molecular formula is C13H21N5O3. The van der Waals surface area contributed by atoms with E-state index >= 15 is 0 Å². The highest BCUT2D eigenvalue weighted by Crippen LogP contribution is 2.18. The quantitative estimate of drug-likeness (QED) is 0.837. The Balaban J connectivity index is 1.76. The van der Waals surface area contributed by atoms with Crippen LogP contribution in [0.2, 0.25) is 0 Å². The zero-order chi connectivity index (χ0) is 15.6. The minimum absolute atomic E-state index is 0.0520. The van der Waals surface area contributed by atoms with Crippen LogP contribution >= 0.6 is 0 Å². The molecule has 1 aromatic heterocycles. The third kappa shape index (κ3) is 4.37. The molecule has 1 fully saturated rings. The van der Waals surface area contributed by atoms with Gasteiger partial charge in [0, 0.05) is 19.3 Å². The van der Waals surface area contributed by atoms with Crippen molar-refractivity contribution in [3.8, 4) is 0 Å². The molecule has 116 valence electrons. The van der Waals surface area contributed by atoms with Crippen LogP contribution in [0.25, 0.3) is 0 Å². The molecule has 0 radical (unpaired) electrons. The van der Waals surface area contributed by atoms with Crippen molar-refractivity contribution in [2.75, 3.05) is 18.4 Å². The van der Waals surface area contributed by atoms with Gasteiger partial charge < -0.3 is 20.7 Å². The number of amides is 2. The predicted octanol–water partition coefficient (Wildman–Crippen LogP) is 0.400. The Morgan fingerprint density at radius 2 is 2.14 bits per heavy atom. The van der Waals surface area contributed by atoms with Crippen molar-refractivity contribution < 1.29 is 14.3 Å². The molecule has 0 spiro atoms. The third-order valence-electron chi connectivity index (χ3n) is 2.86. The maximum absolute atomic E-state index is 11.8. The first-order chi connectivity index (χ1) is 9.73. The molecular weight excluding hydrogens is 274 g/mol. The van der Waals surface area contributed by atoms with E-state index in [4.69, 9.17) is 10.5 Å². The van der Waals surface area contributed by atoms with Gasteiger partial charge in [-0.15, -0.1) is 0 Å². The molecule has 3 N–H and O–H groups in total. The third-order valence-corrected chi connectivity index (χ3v) is 2.86. The molecule has 0 aromatic carbocycles. The highest BCUT2D eigenvalue weighted by molar-refractivity contribution is 5.73. The van der Waals surface area contributed by atoms with Gasteiger partial charge in [0.15, 0.2) is 0 Å². The van der Waals surface area contributed by atoms with Gasteiger partial charge in [-0.05, 0) is 20.8 Å². The molecule has 0 atom stereocenters. The molecule has 21 heavy (non-hydrogen) atoms. The molecule has 1 saturated heterocycles. The van der Waals surface area contributed by atoms with Gasteiger partial charge in [0.1, 0.15) is 12.1 Å². The lowest BCUT2D eigenvalue weighted by Gasteiger charge is -2.40. The van der Waals surface area contributed by atoms with Gasteiger partial charge in [-0.3, -0.25) is 9.48 Å². The van der Waals surface area contributed by atoms with E-state index in [9.17, 15) is 9.59 Å². The minimum Gasteiger partial charge on any atom is -0.444 e. The first-order valence-electron chi connectivity index (χ1n) is 6.78. The Morgan fingerprint density at radius 3 is 2.71 bits per heavy atom. The zero-order valence-electron chi connectivity index (χ0n) is 12.5. The second kappa shape index (κ2) is 5.63. The van der Waals surface area contributed by atoms with Crippen LogP contribution < -0.4 is 11.1 Å². The fraction of sp³-hybridized carbons (Fsp3) is 0.615. The van der Waals surface area contributed by atoms with Gasteiger partial charge in [0.25, 0.3) is 0 Å². The summed E-state index contributed by atoms with van der Waals surface area (Å²) in [4.78, 5) is 24.2. The minimum atomic E-state index is -0.481. The molecule has 2 amide bonds. The number of nitrogens with two attached hydrogens (primary N) is 1. The normalized spacial score (nSPS) is 15.5. The number of ether oxygens (including phenoxy) is 1. The standard InChI is InChI=1S/C13H21N5O3/c1-13(2,3)21-12(20)17-5-10(6-17)16-9-4-15-18(7-9)8-11(14)19/h4,7,10,16H,5-6,8H2,1-3H3,(H2,14,19). The highest BCUT2D eigenvalue weighted by Gasteiger charge is 2.33. The van der Waals surface area contributed by atoms with Crippen molar-refractivity contribution in [2.24, 2.45) is 5.73 Å². The summed E-state index contributed by atoms with van der Waals surface area (Å²) >= 11 is 0. The van der Waals surface area contributed by atoms with Crippen molar-refractivity contribution in [1.29, 1.82) is 0 Å². The number of nitrogens with zero attached hydrogens (tertiary/aromatic N) is 3. The lowest BCUT2D eigenvalue weighted by molar-refractivity contribution is -0.118. The van der Waals surface area contributed by atoms with Gasteiger partial charge >= 0.3 is 6.09 Å². The maximum Gasteiger partial charge on any atom is 0.410 e. The number of hydrogen-bond donors (Lipinski definition) is 2. The molecule has 2 rings (SSSR count). The number of primary amides is 1. The van der Waals surface area contributed by atoms with Crippen molar-refractivity contribution in [3.05, 3.63) is 12.4 Å². The summed E-state index contributed by atoms with van der Waals surface area (Å²) in [5.74, 6) is -0.440. The Bertz CT molecular complexity index is 528. The monoisotopic (exact) mass is 295 g/mol. The van der Waals surface area contributed by atoms with E-state index < -0.39 is 11.5 Å². The number of likely N-dealkylation sites (tertiary alicyclic amines) is 1. The van der Waals surface area contributed by atoms with Crippen molar-refractivity contribution in [1.82, 2.24) is 14.7 Å². The number of hydrogen-bond acceptors (Lipinski definition) is 5.